The number of hydrogen-bond donors (Lipinski definition) is 2. The molecule has 0 saturated carbocycles. The summed E-state index contributed by atoms with van der Waals surface area (Å²) in [6.45, 7) is 4.37. The normalized spacial score (nSPS) is 15.8. The molecule has 2 aliphatic heterocycles. The Morgan fingerprint density at radius 1 is 1.00 bits per heavy atom. The molecule has 0 bridgehead atoms. The van der Waals surface area contributed by atoms with Crippen molar-refractivity contribution in [2.24, 2.45) is 0 Å². The van der Waals surface area contributed by atoms with Gasteiger partial charge in [-0.2, -0.15) is 5.01 Å². The maximum Gasteiger partial charge on any atom is 0.270 e. The lowest BCUT2D eigenvalue weighted by atomic mass is 10.0. The minimum atomic E-state index is 0. The van der Waals surface area contributed by atoms with E-state index in [4.69, 9.17) is 0 Å². The summed E-state index contributed by atoms with van der Waals surface area (Å²) < 4.78 is 0. The van der Waals surface area contributed by atoms with E-state index in [2.05, 4.69) is 56.4 Å². The van der Waals surface area contributed by atoms with Crippen LogP contribution in [0.4, 0.5) is 5.69 Å². The van der Waals surface area contributed by atoms with Crippen LogP contribution in [0.25, 0.3) is 11.9 Å². The summed E-state index contributed by atoms with van der Waals surface area (Å²) >= 11 is 0. The van der Waals surface area contributed by atoms with Crippen molar-refractivity contribution in [3.63, 3.8) is 0 Å². The molecule has 4 rings (SSSR count). The minimum Gasteiger partial charge on any atom is -0.870 e. The summed E-state index contributed by atoms with van der Waals surface area (Å²) in [5.74, 6) is 0.772. The van der Waals surface area contributed by atoms with Gasteiger partial charge in [-0.1, -0.05) is 44.2 Å². The standard InChI is InChI=1S/C20H21N3O.H2O/c1-13(2)14-8-10-16(11-9-14)23-20(24)19-18(21-23)17-7-5-4-6-15(17)12-22(19)3;/h4-13,21,24H,1-3H3;1H2. The zero-order chi connectivity index (χ0) is 16.8. The third-order valence-electron chi connectivity index (χ3n) is 4.73. The van der Waals surface area contributed by atoms with Gasteiger partial charge in [0.1, 0.15) is 0 Å². The number of anilines is 1. The van der Waals surface area contributed by atoms with E-state index in [0.717, 1.165) is 22.3 Å². The van der Waals surface area contributed by atoms with Gasteiger partial charge in [-0.15, -0.1) is 0 Å². The van der Waals surface area contributed by atoms with E-state index in [-0.39, 0.29) is 11.4 Å². The average Bonchev–Trinajstić information content (AvgIpc) is 2.93. The zero-order valence-electron chi connectivity index (χ0n) is 14.6. The Kier molecular flexibility index (Phi) is 4.29. The quantitative estimate of drug-likeness (QED) is 0.807. The minimum absolute atomic E-state index is 0. The largest absolute Gasteiger partial charge is 0.870 e. The number of nitrogens with zero attached hydrogens (tertiary/aromatic N) is 2. The SMILES string of the molecule is CC(C)c1ccc(N2[NH2+]C3=c4ccccc4=CN(C)C3=C2O)cc1.[OH-]. The van der Waals surface area contributed by atoms with Gasteiger partial charge in [0.25, 0.3) is 5.88 Å². The second-order valence-corrected chi connectivity index (χ2v) is 6.66. The van der Waals surface area contributed by atoms with Crippen LogP contribution in [0.3, 0.4) is 0 Å². The van der Waals surface area contributed by atoms with Crippen LogP contribution in [0, 0.1) is 0 Å². The predicted molar refractivity (Wildman–Crippen MR) is 97.9 cm³/mol. The van der Waals surface area contributed by atoms with E-state index < -0.39 is 0 Å². The Morgan fingerprint density at radius 3 is 2.36 bits per heavy atom. The second kappa shape index (κ2) is 6.27. The molecule has 0 atom stereocenters. The van der Waals surface area contributed by atoms with Crippen LogP contribution >= 0.6 is 0 Å². The summed E-state index contributed by atoms with van der Waals surface area (Å²) in [6, 6.07) is 16.7. The lowest BCUT2D eigenvalue weighted by Gasteiger charge is -2.16. The molecule has 4 N–H and O–H groups in total. The Morgan fingerprint density at radius 2 is 1.68 bits per heavy atom. The van der Waals surface area contributed by atoms with E-state index in [1.165, 1.54) is 10.8 Å². The van der Waals surface area contributed by atoms with Crippen molar-refractivity contribution in [2.45, 2.75) is 19.8 Å². The van der Waals surface area contributed by atoms with Gasteiger partial charge in [-0.3, -0.25) is 0 Å². The summed E-state index contributed by atoms with van der Waals surface area (Å²) in [5, 5.41) is 15.0. The summed E-state index contributed by atoms with van der Waals surface area (Å²) in [7, 11) is 1.97. The first-order valence-corrected chi connectivity index (χ1v) is 8.28. The number of benzene rings is 2. The number of hydrogen-bond acceptors (Lipinski definition) is 4. The number of nitrogens with two attached hydrogens (primary N) is 1. The third kappa shape index (κ3) is 2.67. The molecule has 2 heterocycles. The predicted octanol–water partition coefficient (Wildman–Crippen LogP) is 1.15. The van der Waals surface area contributed by atoms with Crippen molar-refractivity contribution in [1.82, 2.24) is 4.90 Å². The fourth-order valence-electron chi connectivity index (χ4n) is 3.38. The topological polar surface area (TPSA) is 73.3 Å². The molecular weight excluding hydrogens is 314 g/mol. The molecule has 130 valence electrons. The Labute approximate surface area is 147 Å². The molecular formula is C20H23N3O2. The molecule has 2 aromatic carbocycles. The van der Waals surface area contributed by atoms with Crippen molar-refractivity contribution in [3.8, 4) is 0 Å². The van der Waals surface area contributed by atoms with Gasteiger partial charge in [0.05, 0.1) is 5.69 Å². The van der Waals surface area contributed by atoms with E-state index in [1.807, 2.05) is 34.5 Å². The summed E-state index contributed by atoms with van der Waals surface area (Å²) in [5.41, 5.74) is 6.20. The molecule has 0 spiro atoms. The zero-order valence-corrected chi connectivity index (χ0v) is 14.6. The molecule has 0 fully saturated rings. The van der Waals surface area contributed by atoms with Gasteiger partial charge in [0, 0.05) is 23.7 Å². The van der Waals surface area contributed by atoms with Crippen molar-refractivity contribution in [1.29, 1.82) is 0 Å². The number of rotatable bonds is 2. The van der Waals surface area contributed by atoms with Gasteiger partial charge in [0.15, 0.2) is 11.4 Å². The maximum atomic E-state index is 10.8. The highest BCUT2D eigenvalue weighted by atomic mass is 16.3. The first-order valence-electron chi connectivity index (χ1n) is 8.28. The number of aliphatic hydroxyl groups is 1. The van der Waals surface area contributed by atoms with Crippen molar-refractivity contribution < 1.29 is 16.0 Å². The molecule has 5 heteroatoms. The van der Waals surface area contributed by atoms with Gasteiger partial charge in [-0.25, -0.2) is 5.43 Å². The van der Waals surface area contributed by atoms with Gasteiger partial charge < -0.3 is 15.5 Å². The maximum absolute atomic E-state index is 10.8. The summed E-state index contributed by atoms with van der Waals surface area (Å²) in [6.07, 6.45) is 2.06. The molecule has 0 amide bonds. The van der Waals surface area contributed by atoms with E-state index in [1.54, 1.807) is 0 Å². The van der Waals surface area contributed by atoms with Crippen molar-refractivity contribution >= 4 is 17.6 Å². The third-order valence-corrected chi connectivity index (χ3v) is 4.73. The van der Waals surface area contributed by atoms with Crippen LogP contribution in [0.1, 0.15) is 25.3 Å². The molecule has 25 heavy (non-hydrogen) atoms. The highest BCUT2D eigenvalue weighted by molar-refractivity contribution is 5.68. The molecule has 0 unspecified atom stereocenters. The lowest BCUT2D eigenvalue weighted by molar-refractivity contribution is -0.568. The monoisotopic (exact) mass is 337 g/mol. The van der Waals surface area contributed by atoms with Crippen LogP contribution in [0.2, 0.25) is 0 Å². The van der Waals surface area contributed by atoms with Crippen LogP contribution < -0.4 is 20.9 Å². The van der Waals surface area contributed by atoms with Crippen LogP contribution in [-0.4, -0.2) is 22.5 Å². The fourth-order valence-corrected chi connectivity index (χ4v) is 3.38. The smallest absolute Gasteiger partial charge is 0.270 e. The van der Waals surface area contributed by atoms with Gasteiger partial charge in [0.2, 0.25) is 0 Å². The van der Waals surface area contributed by atoms with E-state index in [0.29, 0.717) is 5.92 Å². The number of likely N-dealkylation sites (N-methyl/N-ethyl adjacent to an activating group) is 1. The molecule has 2 aliphatic rings. The highest BCUT2D eigenvalue weighted by Crippen LogP contribution is 2.26. The van der Waals surface area contributed by atoms with Crippen LogP contribution in [0.5, 0.6) is 0 Å². The average molecular weight is 337 g/mol. The molecule has 0 aliphatic carbocycles. The summed E-state index contributed by atoms with van der Waals surface area (Å²) in [4.78, 5) is 1.99. The van der Waals surface area contributed by atoms with Crippen molar-refractivity contribution in [3.05, 3.63) is 76.1 Å². The Bertz CT molecular complexity index is 946. The highest BCUT2D eigenvalue weighted by Gasteiger charge is 2.36. The van der Waals surface area contributed by atoms with Gasteiger partial charge >= 0.3 is 0 Å². The molecule has 0 saturated heterocycles. The lowest BCUT2D eigenvalue weighted by Crippen LogP contribution is -2.90. The van der Waals surface area contributed by atoms with E-state index >= 15 is 0 Å². The fraction of sp³-hybridized carbons (Fsp3) is 0.200. The molecule has 0 aromatic heterocycles. The Balaban J connectivity index is 0.00000182. The number of aliphatic hydroxyl groups excluding tert-OH is 1. The second-order valence-electron chi connectivity index (χ2n) is 6.66. The van der Waals surface area contributed by atoms with Gasteiger partial charge in [-0.05, 0) is 29.7 Å². The van der Waals surface area contributed by atoms with E-state index in [9.17, 15) is 5.11 Å². The first kappa shape index (κ1) is 17.1. The number of quaternary nitrogens is 1. The molecule has 2 aromatic rings. The molecule has 0 radical (unpaired) electrons. The van der Waals surface area contributed by atoms with Crippen LogP contribution in [-0.2, 0) is 0 Å². The molecule has 5 nitrogen and oxygen atoms in total. The first-order chi connectivity index (χ1) is 11.6. The number of fused-ring (bicyclic) bond motifs is 2. The van der Waals surface area contributed by atoms with Crippen LogP contribution in [0.15, 0.2) is 60.1 Å². The van der Waals surface area contributed by atoms with Crippen molar-refractivity contribution in [2.75, 3.05) is 12.1 Å². The Hall–Kier alpha value is -2.76.